The van der Waals surface area contributed by atoms with Gasteiger partial charge in [-0.2, -0.15) is 41.7 Å². The number of nitrogens with zero attached hydrogens (tertiary/aromatic N) is 4. The molecule has 1 aliphatic rings. The molecule has 1 unspecified atom stereocenters. The first-order chi connectivity index (χ1) is 17.3. The molecule has 2 aromatic carbocycles. The predicted molar refractivity (Wildman–Crippen MR) is 122 cm³/mol. The van der Waals surface area contributed by atoms with E-state index in [1.54, 1.807) is 31.2 Å². The molecule has 0 fully saturated rings. The van der Waals surface area contributed by atoms with E-state index >= 15 is 0 Å². The summed E-state index contributed by atoms with van der Waals surface area (Å²) in [6.07, 6.45) is -7.85. The number of nitrogens with one attached hydrogen (secondary N) is 1. The Kier molecular flexibility index (Phi) is 5.42. The lowest BCUT2D eigenvalue weighted by molar-refractivity contribution is -0.284. The number of anilines is 2. The van der Waals surface area contributed by atoms with Gasteiger partial charge in [-0.15, -0.1) is 0 Å². The summed E-state index contributed by atoms with van der Waals surface area (Å²) in [5.74, 6) is -6.17. The van der Waals surface area contributed by atoms with Crippen LogP contribution < -0.4 is 11.1 Å². The molecule has 0 saturated carbocycles. The highest BCUT2D eigenvalue weighted by molar-refractivity contribution is 6.09. The average Bonchev–Trinajstić information content (AvgIpc) is 3.32. The minimum absolute atomic E-state index is 0.0178. The van der Waals surface area contributed by atoms with E-state index in [2.05, 4.69) is 20.4 Å². The van der Waals surface area contributed by atoms with E-state index < -0.39 is 42.1 Å². The number of amides is 1. The summed E-state index contributed by atoms with van der Waals surface area (Å²) in [5, 5.41) is 7.16. The van der Waals surface area contributed by atoms with Crippen molar-refractivity contribution < 1.29 is 31.1 Å². The summed E-state index contributed by atoms with van der Waals surface area (Å²) in [4.78, 5) is 21.6. The van der Waals surface area contributed by atoms with E-state index in [1.165, 1.54) is 24.3 Å². The molecule has 2 aromatic heterocycles. The zero-order chi connectivity index (χ0) is 26.8. The average molecular weight is 520 g/mol. The highest BCUT2D eigenvalue weighted by Crippen LogP contribution is 2.45. The number of carbonyl (C=O) groups excluding carboxylic acids is 1. The summed E-state index contributed by atoms with van der Waals surface area (Å²) in [7, 11) is 0. The molecule has 1 atom stereocenters. The maximum Gasteiger partial charge on any atom is 0.453 e. The van der Waals surface area contributed by atoms with Crippen LogP contribution in [0.15, 0.2) is 48.5 Å². The Labute approximate surface area is 205 Å². The van der Waals surface area contributed by atoms with Gasteiger partial charge in [-0.05, 0) is 37.1 Å². The van der Waals surface area contributed by atoms with Gasteiger partial charge in [0.25, 0.3) is 5.95 Å². The molecule has 3 heterocycles. The number of para-hydroxylation sites is 1. The second kappa shape index (κ2) is 8.18. The van der Waals surface area contributed by atoms with Crippen LogP contribution in [0.25, 0.3) is 16.9 Å². The number of aromatic nitrogens is 4. The van der Waals surface area contributed by atoms with Gasteiger partial charge in [0.05, 0.1) is 16.8 Å². The summed E-state index contributed by atoms with van der Waals surface area (Å²) in [6.45, 7) is 1.55. The largest absolute Gasteiger partial charge is 0.453 e. The van der Waals surface area contributed by atoms with Gasteiger partial charge in [0, 0.05) is 11.8 Å². The Balaban J connectivity index is 1.59. The monoisotopic (exact) mass is 520 g/mol. The fraction of sp³-hybridized carbons (Fsp3) is 0.250. The van der Waals surface area contributed by atoms with Gasteiger partial charge in [-0.3, -0.25) is 4.79 Å². The van der Waals surface area contributed by atoms with Crippen LogP contribution in [0.2, 0.25) is 0 Å². The number of fused-ring (bicyclic) bond motifs is 2. The molecular weight excluding hydrogens is 502 g/mol. The summed E-state index contributed by atoms with van der Waals surface area (Å²) in [5.41, 5.74) is 5.69. The van der Waals surface area contributed by atoms with Crippen molar-refractivity contribution >= 4 is 28.4 Å². The Morgan fingerprint density at radius 1 is 1.05 bits per heavy atom. The Bertz CT molecular complexity index is 1550. The molecule has 192 valence electrons. The van der Waals surface area contributed by atoms with Gasteiger partial charge in [-0.1, -0.05) is 30.3 Å². The number of benzene rings is 2. The first-order valence-corrected chi connectivity index (χ1v) is 11.0. The zero-order valence-electron chi connectivity index (χ0n) is 19.1. The summed E-state index contributed by atoms with van der Waals surface area (Å²) in [6, 6.07) is 11.7. The third-order valence-electron chi connectivity index (χ3n) is 6.46. The van der Waals surface area contributed by atoms with Crippen LogP contribution in [0.3, 0.4) is 0 Å². The van der Waals surface area contributed by atoms with E-state index in [1.807, 2.05) is 0 Å². The molecule has 5 rings (SSSR count). The predicted octanol–water partition coefficient (Wildman–Crippen LogP) is 4.93. The number of nitrogen functional groups attached to an aromatic ring is 1. The van der Waals surface area contributed by atoms with Gasteiger partial charge in [0.2, 0.25) is 5.91 Å². The van der Waals surface area contributed by atoms with Crippen LogP contribution >= 0.6 is 0 Å². The zero-order valence-corrected chi connectivity index (χ0v) is 19.1. The molecule has 1 amide bonds. The molecular formula is C24H18F6N6O. The van der Waals surface area contributed by atoms with Crippen molar-refractivity contribution in [2.45, 2.75) is 37.3 Å². The second-order valence-corrected chi connectivity index (χ2v) is 8.80. The third-order valence-corrected chi connectivity index (χ3v) is 6.46. The standard InChI is InChI=1S/C24H18F6N6O/c1-22(12-5-4-6-13(25)11-12)17-18(31)32-21(34-19(17)33-20(22)37)36-16-8-3-2-7-14(16)15(35-36)9-10-23(26,27)24(28,29)30/h2-8,11H,9-10H2,1H3,(H3,31,32,33,34,37). The van der Waals surface area contributed by atoms with Crippen LogP contribution in [-0.4, -0.2) is 37.8 Å². The van der Waals surface area contributed by atoms with Crippen molar-refractivity contribution in [2.24, 2.45) is 0 Å². The van der Waals surface area contributed by atoms with Gasteiger partial charge in [0.15, 0.2) is 0 Å². The van der Waals surface area contributed by atoms with Crippen molar-refractivity contribution in [1.82, 2.24) is 19.7 Å². The molecule has 4 aromatic rings. The van der Waals surface area contributed by atoms with E-state index in [0.29, 0.717) is 16.5 Å². The first-order valence-electron chi connectivity index (χ1n) is 11.0. The lowest BCUT2D eigenvalue weighted by atomic mass is 9.78. The van der Waals surface area contributed by atoms with Gasteiger partial charge >= 0.3 is 12.1 Å². The summed E-state index contributed by atoms with van der Waals surface area (Å²) < 4.78 is 80.2. The number of halogens is 6. The van der Waals surface area contributed by atoms with Crippen molar-refractivity contribution in [3.8, 4) is 5.95 Å². The SMILES string of the molecule is CC1(c2cccc(F)c2)C(=O)Nc2nc(-n3nc(CCC(F)(F)C(F)(F)F)c4ccccc43)nc(N)c21. The van der Waals surface area contributed by atoms with Crippen molar-refractivity contribution in [3.63, 3.8) is 0 Å². The van der Waals surface area contributed by atoms with E-state index in [0.717, 1.165) is 4.68 Å². The topological polar surface area (TPSA) is 98.7 Å². The molecule has 0 saturated heterocycles. The van der Waals surface area contributed by atoms with E-state index in [9.17, 15) is 31.1 Å². The number of rotatable bonds is 5. The number of nitrogens with two attached hydrogens (primary N) is 1. The minimum atomic E-state index is -5.69. The normalized spacial score (nSPS) is 17.8. The second-order valence-electron chi connectivity index (χ2n) is 8.80. The Morgan fingerprint density at radius 3 is 2.49 bits per heavy atom. The number of carbonyl (C=O) groups is 1. The fourth-order valence-corrected chi connectivity index (χ4v) is 4.45. The van der Waals surface area contributed by atoms with Crippen LogP contribution in [0.1, 0.15) is 30.2 Å². The van der Waals surface area contributed by atoms with E-state index in [4.69, 9.17) is 5.73 Å². The van der Waals surface area contributed by atoms with Gasteiger partial charge in [-0.25, -0.2) is 4.39 Å². The summed E-state index contributed by atoms with van der Waals surface area (Å²) >= 11 is 0. The lowest BCUT2D eigenvalue weighted by Gasteiger charge is -2.23. The maximum atomic E-state index is 13.9. The highest BCUT2D eigenvalue weighted by Gasteiger charge is 2.56. The Hall–Kier alpha value is -4.16. The highest BCUT2D eigenvalue weighted by atomic mass is 19.4. The van der Waals surface area contributed by atoms with Crippen molar-refractivity contribution in [3.05, 3.63) is 71.2 Å². The number of alkyl halides is 5. The van der Waals surface area contributed by atoms with E-state index in [-0.39, 0.29) is 28.8 Å². The Morgan fingerprint density at radius 2 is 1.78 bits per heavy atom. The molecule has 0 aliphatic carbocycles. The third kappa shape index (κ3) is 3.85. The van der Waals surface area contributed by atoms with Crippen molar-refractivity contribution in [1.29, 1.82) is 0 Å². The minimum Gasteiger partial charge on any atom is -0.383 e. The van der Waals surface area contributed by atoms with Crippen LogP contribution in [0.5, 0.6) is 0 Å². The van der Waals surface area contributed by atoms with Crippen LogP contribution in [0, 0.1) is 5.82 Å². The van der Waals surface area contributed by atoms with Crippen LogP contribution in [-0.2, 0) is 16.6 Å². The number of aryl methyl sites for hydroxylation is 1. The molecule has 7 nitrogen and oxygen atoms in total. The number of hydrogen-bond donors (Lipinski definition) is 2. The molecule has 0 bridgehead atoms. The molecule has 0 spiro atoms. The molecule has 1 aliphatic heterocycles. The fourth-order valence-electron chi connectivity index (χ4n) is 4.45. The van der Waals surface area contributed by atoms with Gasteiger partial charge in [0.1, 0.15) is 22.9 Å². The molecule has 3 N–H and O–H groups in total. The maximum absolute atomic E-state index is 13.9. The smallest absolute Gasteiger partial charge is 0.383 e. The molecule has 13 heteroatoms. The number of hydrogen-bond acceptors (Lipinski definition) is 5. The molecule has 37 heavy (non-hydrogen) atoms. The lowest BCUT2D eigenvalue weighted by Crippen LogP contribution is -2.36. The quantitative estimate of drug-likeness (QED) is 0.364. The first kappa shape index (κ1) is 24.5. The van der Waals surface area contributed by atoms with Crippen molar-refractivity contribution in [2.75, 3.05) is 11.1 Å². The molecule has 0 radical (unpaired) electrons. The van der Waals surface area contributed by atoms with Gasteiger partial charge < -0.3 is 11.1 Å². The van der Waals surface area contributed by atoms with Crippen LogP contribution in [0.4, 0.5) is 38.0 Å².